The molecule has 43 heavy (non-hydrogen) atoms. The minimum Gasteiger partial charge on any atom is -0.507 e. The molecule has 1 aliphatic rings. The Balaban J connectivity index is 1.86. The number of amides is 1. The van der Waals surface area contributed by atoms with Gasteiger partial charge in [0, 0.05) is 5.56 Å². The third kappa shape index (κ3) is 6.56. The molecule has 1 aliphatic heterocycles. The van der Waals surface area contributed by atoms with Crippen LogP contribution in [0.2, 0.25) is 0 Å². The molecule has 3 aromatic rings. The number of ether oxygens (including phenoxy) is 4. The second-order valence-corrected chi connectivity index (χ2v) is 10.5. The van der Waals surface area contributed by atoms with Crippen molar-refractivity contribution in [3.05, 3.63) is 82.4 Å². The zero-order valence-electron chi connectivity index (χ0n) is 24.5. The molecule has 11 heteroatoms. The highest BCUT2D eigenvalue weighted by Crippen LogP contribution is 2.45. The van der Waals surface area contributed by atoms with Gasteiger partial charge in [-0.25, -0.2) is 9.78 Å². The van der Waals surface area contributed by atoms with Gasteiger partial charge in [-0.15, -0.1) is 0 Å². The first-order chi connectivity index (χ1) is 20.7. The molecule has 1 saturated heterocycles. The van der Waals surface area contributed by atoms with E-state index < -0.39 is 23.7 Å². The summed E-state index contributed by atoms with van der Waals surface area (Å²) in [6.45, 7) is 10.00. The number of hydrogen-bond acceptors (Lipinski definition) is 10. The van der Waals surface area contributed by atoms with Crippen molar-refractivity contribution >= 4 is 39.9 Å². The molecule has 4 rings (SSSR count). The summed E-state index contributed by atoms with van der Waals surface area (Å²) in [5.41, 5.74) is 0.986. The lowest BCUT2D eigenvalue weighted by atomic mass is 9.95. The van der Waals surface area contributed by atoms with Gasteiger partial charge in [-0.3, -0.25) is 14.5 Å². The van der Waals surface area contributed by atoms with E-state index in [1.165, 1.54) is 12.0 Å². The number of anilines is 1. The van der Waals surface area contributed by atoms with Crippen LogP contribution in [0.5, 0.6) is 17.2 Å². The standard InChI is InChI=1S/C32H34N2O8S/c1-6-9-17-41-22-13-10-20(11-14-22)27(35)25-26(21-12-15-23(42-16-7-2)24(18-21)39-5)34(30(37)28(25)36)32-33-19(4)29(43-32)31(38)40-8-3/h7,10-15,18,26,35H,2,6,8-9,16-17H2,1,3-5H3/b27-25-. The highest BCUT2D eigenvalue weighted by atomic mass is 32.1. The van der Waals surface area contributed by atoms with Crippen LogP contribution in [-0.4, -0.2) is 54.7 Å². The smallest absolute Gasteiger partial charge is 0.350 e. The third-order valence-corrected chi connectivity index (χ3v) is 7.79. The molecule has 2 heterocycles. The lowest BCUT2D eigenvalue weighted by Gasteiger charge is -2.24. The Morgan fingerprint density at radius 1 is 1.12 bits per heavy atom. The maximum Gasteiger partial charge on any atom is 0.350 e. The number of Topliss-reactive ketones (excluding diaryl/α,β-unsaturated/α-hetero) is 1. The van der Waals surface area contributed by atoms with Crippen molar-refractivity contribution in [1.82, 2.24) is 4.98 Å². The molecule has 10 nitrogen and oxygen atoms in total. The first-order valence-electron chi connectivity index (χ1n) is 13.9. The Hall–Kier alpha value is -4.64. The normalized spacial score (nSPS) is 15.8. The molecule has 1 N–H and O–H groups in total. The number of esters is 1. The molecule has 0 spiro atoms. The molecule has 1 amide bonds. The van der Waals surface area contributed by atoms with E-state index in [-0.39, 0.29) is 34.6 Å². The van der Waals surface area contributed by atoms with Crippen LogP contribution in [0.3, 0.4) is 0 Å². The molecule has 0 aliphatic carbocycles. The molecular formula is C32H34N2O8S. The largest absolute Gasteiger partial charge is 0.507 e. The summed E-state index contributed by atoms with van der Waals surface area (Å²) in [7, 11) is 1.47. The van der Waals surface area contributed by atoms with Crippen molar-refractivity contribution < 1.29 is 38.4 Å². The van der Waals surface area contributed by atoms with Gasteiger partial charge < -0.3 is 24.1 Å². The number of ketones is 1. The van der Waals surface area contributed by atoms with Gasteiger partial charge in [-0.1, -0.05) is 43.4 Å². The number of methoxy groups -OCH3 is 1. The molecular weight excluding hydrogens is 572 g/mol. The second kappa shape index (κ2) is 14.0. The fourth-order valence-electron chi connectivity index (χ4n) is 4.54. The first kappa shape index (κ1) is 31.3. The van der Waals surface area contributed by atoms with Gasteiger partial charge in [0.1, 0.15) is 23.0 Å². The SMILES string of the molecule is C=CCOc1ccc(C2/C(=C(/O)c3ccc(OCCCC)cc3)C(=O)C(=O)N2c2nc(C)c(C(=O)OCC)s2)cc1OC. The lowest BCUT2D eigenvalue weighted by molar-refractivity contribution is -0.132. The number of thiazole rings is 1. The van der Waals surface area contributed by atoms with Gasteiger partial charge in [-0.2, -0.15) is 0 Å². The maximum atomic E-state index is 13.6. The highest BCUT2D eigenvalue weighted by molar-refractivity contribution is 7.17. The summed E-state index contributed by atoms with van der Waals surface area (Å²) < 4.78 is 22.1. The van der Waals surface area contributed by atoms with E-state index in [0.717, 1.165) is 24.2 Å². The van der Waals surface area contributed by atoms with Crippen LogP contribution in [0.15, 0.2) is 60.7 Å². The summed E-state index contributed by atoms with van der Waals surface area (Å²) in [6.07, 6.45) is 3.49. The Morgan fingerprint density at radius 3 is 2.51 bits per heavy atom. The number of benzene rings is 2. The molecule has 1 atom stereocenters. The Labute approximate surface area is 254 Å². The van der Waals surface area contributed by atoms with Gasteiger partial charge in [0.05, 0.1) is 37.6 Å². The molecule has 2 aromatic carbocycles. The van der Waals surface area contributed by atoms with Gasteiger partial charge >= 0.3 is 11.9 Å². The summed E-state index contributed by atoms with van der Waals surface area (Å²) >= 11 is 0.934. The van der Waals surface area contributed by atoms with Gasteiger partial charge in [0.25, 0.3) is 5.78 Å². The topological polar surface area (TPSA) is 124 Å². The number of unbranched alkanes of at least 4 members (excludes halogenated alkanes) is 1. The molecule has 1 aromatic heterocycles. The van der Waals surface area contributed by atoms with E-state index in [1.54, 1.807) is 62.4 Å². The Morgan fingerprint density at radius 2 is 1.86 bits per heavy atom. The van der Waals surface area contributed by atoms with Crippen LogP contribution < -0.4 is 19.1 Å². The highest BCUT2D eigenvalue weighted by Gasteiger charge is 2.48. The van der Waals surface area contributed by atoms with Crippen molar-refractivity contribution in [2.75, 3.05) is 31.8 Å². The molecule has 0 radical (unpaired) electrons. The lowest BCUT2D eigenvalue weighted by Crippen LogP contribution is -2.29. The van der Waals surface area contributed by atoms with Crippen LogP contribution in [0.25, 0.3) is 5.76 Å². The summed E-state index contributed by atoms with van der Waals surface area (Å²) in [4.78, 5) is 45.6. The van der Waals surface area contributed by atoms with E-state index in [1.807, 2.05) is 0 Å². The van der Waals surface area contributed by atoms with Crippen molar-refractivity contribution in [3.8, 4) is 17.2 Å². The fourth-order valence-corrected chi connectivity index (χ4v) is 5.52. The number of hydrogen-bond donors (Lipinski definition) is 1. The van der Waals surface area contributed by atoms with Crippen molar-refractivity contribution in [2.24, 2.45) is 0 Å². The van der Waals surface area contributed by atoms with Gasteiger partial charge in [0.2, 0.25) is 0 Å². The number of aliphatic hydroxyl groups excluding tert-OH is 1. The number of nitrogens with zero attached hydrogens (tertiary/aromatic N) is 2. The third-order valence-electron chi connectivity index (χ3n) is 6.65. The van der Waals surface area contributed by atoms with E-state index >= 15 is 0 Å². The van der Waals surface area contributed by atoms with E-state index in [2.05, 4.69) is 18.5 Å². The minimum atomic E-state index is -1.09. The van der Waals surface area contributed by atoms with E-state index in [9.17, 15) is 19.5 Å². The monoisotopic (exact) mass is 606 g/mol. The average molecular weight is 607 g/mol. The Kier molecular flexibility index (Phi) is 10.2. The molecule has 226 valence electrons. The maximum absolute atomic E-state index is 13.6. The molecule has 1 fully saturated rings. The van der Waals surface area contributed by atoms with Crippen LogP contribution in [-0.2, 0) is 14.3 Å². The van der Waals surface area contributed by atoms with Crippen LogP contribution >= 0.6 is 11.3 Å². The Bertz CT molecular complexity index is 1540. The van der Waals surface area contributed by atoms with E-state index in [0.29, 0.717) is 40.7 Å². The predicted octanol–water partition coefficient (Wildman–Crippen LogP) is 6.01. The number of aryl methyl sites for hydroxylation is 1. The molecule has 0 saturated carbocycles. The van der Waals surface area contributed by atoms with Crippen LogP contribution in [0.1, 0.15) is 59.2 Å². The van der Waals surface area contributed by atoms with Crippen LogP contribution in [0, 0.1) is 6.92 Å². The number of carbonyl (C=O) groups is 3. The average Bonchev–Trinajstić information content (AvgIpc) is 3.52. The van der Waals surface area contributed by atoms with Crippen molar-refractivity contribution in [2.45, 2.75) is 39.7 Å². The van der Waals surface area contributed by atoms with E-state index in [4.69, 9.17) is 18.9 Å². The summed E-state index contributed by atoms with van der Waals surface area (Å²) in [5, 5.41) is 11.6. The predicted molar refractivity (Wildman–Crippen MR) is 163 cm³/mol. The number of rotatable bonds is 13. The quantitative estimate of drug-likeness (QED) is 0.0622. The number of aromatic nitrogens is 1. The van der Waals surface area contributed by atoms with Crippen molar-refractivity contribution in [3.63, 3.8) is 0 Å². The zero-order valence-corrected chi connectivity index (χ0v) is 25.4. The summed E-state index contributed by atoms with van der Waals surface area (Å²) in [6, 6.07) is 10.5. The molecule has 1 unspecified atom stereocenters. The summed E-state index contributed by atoms with van der Waals surface area (Å²) in [5.74, 6) is -1.35. The van der Waals surface area contributed by atoms with Crippen LogP contribution in [0.4, 0.5) is 5.13 Å². The van der Waals surface area contributed by atoms with Gasteiger partial charge in [0.15, 0.2) is 16.6 Å². The number of aliphatic hydroxyl groups is 1. The van der Waals surface area contributed by atoms with Gasteiger partial charge in [-0.05, 0) is 62.2 Å². The van der Waals surface area contributed by atoms with Crippen molar-refractivity contribution in [1.29, 1.82) is 0 Å². The number of carbonyl (C=O) groups excluding carboxylic acids is 3. The minimum absolute atomic E-state index is 0.109. The first-order valence-corrected chi connectivity index (χ1v) is 14.7. The zero-order chi connectivity index (χ0) is 31.1. The fraction of sp³-hybridized carbons (Fsp3) is 0.312. The second-order valence-electron chi connectivity index (χ2n) is 9.54. The molecule has 0 bridgehead atoms.